The molecule has 2 N–H and O–H groups in total. The number of hydrogen-bond acceptors (Lipinski definition) is 6. The summed E-state index contributed by atoms with van der Waals surface area (Å²) < 4.78 is 5.65. The first-order valence-corrected chi connectivity index (χ1v) is 11.2. The van der Waals surface area contributed by atoms with Gasteiger partial charge in [0.05, 0.1) is 11.1 Å². The third-order valence-electron chi connectivity index (χ3n) is 5.02. The molecule has 4 rings (SSSR count). The molecule has 10 heteroatoms. The minimum Gasteiger partial charge on any atom is -0.427 e. The Morgan fingerprint density at radius 1 is 0.857 bits per heavy atom. The summed E-state index contributed by atoms with van der Waals surface area (Å²) in [4.78, 5) is 62.0. The fraction of sp³-hybridized carbons (Fsp3) is 0.0800. The van der Waals surface area contributed by atoms with Gasteiger partial charge in [0.2, 0.25) is 5.91 Å². The number of halogens is 1. The second-order valence-corrected chi connectivity index (χ2v) is 8.50. The fourth-order valence-corrected chi connectivity index (χ4v) is 3.82. The van der Waals surface area contributed by atoms with Crippen LogP contribution in [0, 0.1) is 0 Å². The van der Waals surface area contributed by atoms with Gasteiger partial charge < -0.3 is 15.4 Å². The Balaban J connectivity index is 1.35. The number of carbonyl (C=O) groups excluding carboxylic acids is 5. The Bertz CT molecular complexity index is 1370. The molecule has 0 saturated heterocycles. The average molecular weight is 536 g/mol. The van der Waals surface area contributed by atoms with Crippen molar-refractivity contribution < 1.29 is 28.7 Å². The maximum Gasteiger partial charge on any atom is 0.308 e. The number of imide groups is 1. The molecule has 0 bridgehead atoms. The van der Waals surface area contributed by atoms with Crippen molar-refractivity contribution in [2.45, 2.75) is 6.92 Å². The van der Waals surface area contributed by atoms with Crippen LogP contribution in [-0.2, 0) is 9.59 Å². The van der Waals surface area contributed by atoms with Gasteiger partial charge in [-0.25, -0.2) is 0 Å². The van der Waals surface area contributed by atoms with Crippen molar-refractivity contribution in [3.63, 3.8) is 0 Å². The highest BCUT2D eigenvalue weighted by Crippen LogP contribution is 2.26. The molecule has 0 spiro atoms. The number of rotatable bonds is 6. The molecule has 3 aromatic carbocycles. The second kappa shape index (κ2) is 9.90. The van der Waals surface area contributed by atoms with Crippen molar-refractivity contribution in [1.29, 1.82) is 0 Å². The van der Waals surface area contributed by atoms with Gasteiger partial charge in [0.1, 0.15) is 12.3 Å². The molecular weight excluding hydrogens is 518 g/mol. The van der Waals surface area contributed by atoms with E-state index in [1.165, 1.54) is 19.1 Å². The Morgan fingerprint density at radius 2 is 1.51 bits per heavy atom. The van der Waals surface area contributed by atoms with Crippen molar-refractivity contribution in [3.8, 4) is 5.75 Å². The molecule has 0 aromatic heterocycles. The minimum atomic E-state index is -0.544. The lowest BCUT2D eigenvalue weighted by atomic mass is 10.1. The largest absolute Gasteiger partial charge is 0.427 e. The van der Waals surface area contributed by atoms with Crippen molar-refractivity contribution in [3.05, 3.63) is 87.9 Å². The van der Waals surface area contributed by atoms with Crippen molar-refractivity contribution in [1.82, 2.24) is 4.90 Å². The van der Waals surface area contributed by atoms with E-state index in [-0.39, 0.29) is 16.9 Å². The van der Waals surface area contributed by atoms with Gasteiger partial charge in [-0.15, -0.1) is 0 Å². The van der Waals surface area contributed by atoms with Crippen LogP contribution in [0.4, 0.5) is 11.4 Å². The molecule has 0 fully saturated rings. The lowest BCUT2D eigenvalue weighted by molar-refractivity contribution is -0.131. The van der Waals surface area contributed by atoms with Crippen LogP contribution in [-0.4, -0.2) is 41.0 Å². The lowest BCUT2D eigenvalue weighted by Crippen LogP contribution is -2.37. The zero-order valence-electron chi connectivity index (χ0n) is 18.3. The molecule has 176 valence electrons. The Hall–Kier alpha value is -4.31. The highest BCUT2D eigenvalue weighted by molar-refractivity contribution is 9.10. The van der Waals surface area contributed by atoms with E-state index in [9.17, 15) is 24.0 Å². The number of anilines is 2. The molecule has 1 heterocycles. The van der Waals surface area contributed by atoms with Crippen LogP contribution in [0.2, 0.25) is 0 Å². The van der Waals surface area contributed by atoms with Gasteiger partial charge >= 0.3 is 5.97 Å². The van der Waals surface area contributed by atoms with Crippen molar-refractivity contribution >= 4 is 56.9 Å². The second-order valence-electron chi connectivity index (χ2n) is 7.59. The van der Waals surface area contributed by atoms with E-state index in [0.717, 1.165) is 4.90 Å². The summed E-state index contributed by atoms with van der Waals surface area (Å²) in [6, 6.07) is 17.2. The van der Waals surface area contributed by atoms with Gasteiger partial charge in [-0.1, -0.05) is 22.0 Å². The molecule has 4 amide bonds. The predicted octanol–water partition coefficient (Wildman–Crippen LogP) is 3.86. The topological polar surface area (TPSA) is 122 Å². The fourth-order valence-electron chi connectivity index (χ4n) is 3.46. The maximum atomic E-state index is 12.5. The number of benzene rings is 3. The van der Waals surface area contributed by atoms with Gasteiger partial charge in [0.15, 0.2) is 0 Å². The molecular formula is C25H18BrN3O6. The number of ether oxygens (including phenoxy) is 1. The third kappa shape index (κ3) is 5.44. The first-order valence-electron chi connectivity index (χ1n) is 10.4. The summed E-state index contributed by atoms with van der Waals surface area (Å²) in [5.74, 6) is -2.24. The summed E-state index contributed by atoms with van der Waals surface area (Å²) in [5.41, 5.74) is 1.69. The van der Waals surface area contributed by atoms with Gasteiger partial charge in [0, 0.05) is 28.3 Å². The number of nitrogens with zero attached hydrogens (tertiary/aromatic N) is 1. The Labute approximate surface area is 208 Å². The average Bonchev–Trinajstić information content (AvgIpc) is 3.04. The molecule has 3 aromatic rings. The molecule has 1 aliphatic heterocycles. The zero-order chi connectivity index (χ0) is 25.1. The quantitative estimate of drug-likeness (QED) is 0.280. The van der Waals surface area contributed by atoms with E-state index in [1.807, 2.05) is 0 Å². The smallest absolute Gasteiger partial charge is 0.308 e. The van der Waals surface area contributed by atoms with Crippen LogP contribution < -0.4 is 15.4 Å². The van der Waals surface area contributed by atoms with E-state index in [0.29, 0.717) is 21.4 Å². The predicted molar refractivity (Wildman–Crippen MR) is 130 cm³/mol. The summed E-state index contributed by atoms with van der Waals surface area (Å²) >= 11 is 3.27. The highest BCUT2D eigenvalue weighted by Gasteiger charge is 2.36. The molecule has 0 atom stereocenters. The number of fused-ring (bicyclic) bond motifs is 1. The van der Waals surface area contributed by atoms with Gasteiger partial charge in [-0.05, 0) is 60.7 Å². The number of hydrogen-bond donors (Lipinski definition) is 2. The van der Waals surface area contributed by atoms with Crippen LogP contribution in [0.25, 0.3) is 0 Å². The summed E-state index contributed by atoms with van der Waals surface area (Å²) in [6.07, 6.45) is 0. The molecule has 0 saturated carbocycles. The standard InChI is InChI=1S/C25H18BrN3O6/c1-14(30)35-19-4-2-3-15(11-19)23(32)28-18-8-6-17(7-9-18)27-22(31)13-29-24(33)20-10-5-16(26)12-21(20)25(29)34/h2-12H,13H2,1H3,(H,27,31)(H,28,32). The van der Waals surface area contributed by atoms with Gasteiger partial charge in [-0.2, -0.15) is 0 Å². The number of amides is 4. The van der Waals surface area contributed by atoms with Crippen LogP contribution >= 0.6 is 15.9 Å². The highest BCUT2D eigenvalue weighted by atomic mass is 79.9. The van der Waals surface area contributed by atoms with E-state index in [4.69, 9.17) is 4.74 Å². The Kier molecular flexibility index (Phi) is 6.74. The summed E-state index contributed by atoms with van der Waals surface area (Å²) in [5, 5.41) is 5.34. The first kappa shape index (κ1) is 23.8. The lowest BCUT2D eigenvalue weighted by Gasteiger charge is -2.14. The first-order chi connectivity index (χ1) is 16.7. The van der Waals surface area contributed by atoms with Crippen molar-refractivity contribution in [2.75, 3.05) is 17.2 Å². The van der Waals surface area contributed by atoms with Crippen LogP contribution in [0.1, 0.15) is 38.0 Å². The normalized spacial score (nSPS) is 12.2. The van der Waals surface area contributed by atoms with Crippen LogP contribution in [0.3, 0.4) is 0 Å². The third-order valence-corrected chi connectivity index (χ3v) is 5.51. The van der Waals surface area contributed by atoms with E-state index < -0.39 is 36.1 Å². The Morgan fingerprint density at radius 3 is 2.20 bits per heavy atom. The van der Waals surface area contributed by atoms with Crippen molar-refractivity contribution in [2.24, 2.45) is 0 Å². The maximum absolute atomic E-state index is 12.5. The van der Waals surface area contributed by atoms with E-state index in [2.05, 4.69) is 26.6 Å². The zero-order valence-corrected chi connectivity index (χ0v) is 19.9. The molecule has 0 radical (unpaired) electrons. The van der Waals surface area contributed by atoms with Gasteiger partial charge in [0.25, 0.3) is 17.7 Å². The SMILES string of the molecule is CC(=O)Oc1cccc(C(=O)Nc2ccc(NC(=O)CN3C(=O)c4ccc(Br)cc4C3=O)cc2)c1. The summed E-state index contributed by atoms with van der Waals surface area (Å²) in [7, 11) is 0. The number of nitrogens with one attached hydrogen (secondary N) is 2. The van der Waals surface area contributed by atoms with E-state index >= 15 is 0 Å². The molecule has 0 unspecified atom stereocenters. The van der Waals surface area contributed by atoms with Crippen LogP contribution in [0.15, 0.2) is 71.2 Å². The van der Waals surface area contributed by atoms with E-state index in [1.54, 1.807) is 54.6 Å². The van der Waals surface area contributed by atoms with Crippen LogP contribution in [0.5, 0.6) is 5.75 Å². The number of esters is 1. The molecule has 0 aliphatic carbocycles. The monoisotopic (exact) mass is 535 g/mol. The molecule has 35 heavy (non-hydrogen) atoms. The summed E-state index contributed by atoms with van der Waals surface area (Å²) in [6.45, 7) is 0.840. The number of carbonyl (C=O) groups is 5. The molecule has 1 aliphatic rings. The van der Waals surface area contributed by atoms with Gasteiger partial charge in [-0.3, -0.25) is 28.9 Å². The molecule has 9 nitrogen and oxygen atoms in total. The minimum absolute atomic E-state index is 0.246.